The van der Waals surface area contributed by atoms with E-state index in [9.17, 15) is 8.42 Å². The van der Waals surface area contributed by atoms with Crippen LogP contribution < -0.4 is 11.1 Å². The van der Waals surface area contributed by atoms with Gasteiger partial charge in [0.25, 0.3) is 0 Å². The first-order chi connectivity index (χ1) is 7.46. The molecular weight excluding hydrogens is 224 g/mol. The van der Waals surface area contributed by atoms with Crippen LogP contribution >= 0.6 is 0 Å². The van der Waals surface area contributed by atoms with Crippen molar-refractivity contribution in [1.29, 1.82) is 0 Å². The van der Waals surface area contributed by atoms with Crippen molar-refractivity contribution in [3.63, 3.8) is 0 Å². The fourth-order valence-electron chi connectivity index (χ4n) is 2.41. The maximum Gasteiger partial charge on any atom is 0.150 e. The maximum absolute atomic E-state index is 11.4. The fourth-order valence-corrected chi connectivity index (χ4v) is 4.02. The molecule has 4 nitrogen and oxygen atoms in total. The molecule has 2 fully saturated rings. The third-order valence-corrected chi connectivity index (χ3v) is 5.84. The molecule has 0 aromatic carbocycles. The predicted octanol–water partition coefficient (Wildman–Crippen LogP) is 0.138. The molecule has 5 heteroatoms. The van der Waals surface area contributed by atoms with Crippen molar-refractivity contribution in [3.8, 4) is 0 Å². The lowest BCUT2D eigenvalue weighted by molar-refractivity contribution is 0.296. The molecule has 1 saturated carbocycles. The molecule has 94 valence electrons. The van der Waals surface area contributed by atoms with Gasteiger partial charge in [-0.1, -0.05) is 6.92 Å². The lowest BCUT2D eigenvalue weighted by Crippen LogP contribution is -2.56. The van der Waals surface area contributed by atoms with Gasteiger partial charge in [-0.15, -0.1) is 0 Å². The Bertz CT molecular complexity index is 339. The number of nitrogens with two attached hydrogens (primary N) is 1. The smallest absolute Gasteiger partial charge is 0.150 e. The number of sulfone groups is 1. The largest absolute Gasteiger partial charge is 0.329 e. The Hall–Kier alpha value is -0.130. The van der Waals surface area contributed by atoms with Crippen LogP contribution in [0, 0.1) is 11.8 Å². The Morgan fingerprint density at radius 2 is 1.94 bits per heavy atom. The molecule has 0 spiro atoms. The van der Waals surface area contributed by atoms with Crippen molar-refractivity contribution in [3.05, 3.63) is 0 Å². The van der Waals surface area contributed by atoms with Crippen LogP contribution in [0.1, 0.15) is 26.2 Å². The van der Waals surface area contributed by atoms with Gasteiger partial charge in [0, 0.05) is 12.1 Å². The predicted molar refractivity (Wildman–Crippen MR) is 64.9 cm³/mol. The van der Waals surface area contributed by atoms with E-state index in [2.05, 4.69) is 12.2 Å². The second kappa shape index (κ2) is 4.27. The van der Waals surface area contributed by atoms with Crippen molar-refractivity contribution < 1.29 is 8.42 Å². The average Bonchev–Trinajstić information content (AvgIpc) is 2.94. The summed E-state index contributed by atoms with van der Waals surface area (Å²) in [6, 6.07) is 0. The molecule has 3 N–H and O–H groups in total. The van der Waals surface area contributed by atoms with Gasteiger partial charge in [0.2, 0.25) is 0 Å². The van der Waals surface area contributed by atoms with E-state index >= 15 is 0 Å². The summed E-state index contributed by atoms with van der Waals surface area (Å²) in [5.41, 5.74) is 5.69. The van der Waals surface area contributed by atoms with E-state index in [0.29, 0.717) is 19.4 Å². The Morgan fingerprint density at radius 3 is 2.38 bits per heavy atom. The molecule has 2 atom stereocenters. The Balaban J connectivity index is 1.88. The fraction of sp³-hybridized carbons (Fsp3) is 1.00. The summed E-state index contributed by atoms with van der Waals surface area (Å²) in [4.78, 5) is 0. The normalized spacial score (nSPS) is 35.9. The van der Waals surface area contributed by atoms with Crippen LogP contribution in [-0.4, -0.2) is 38.6 Å². The van der Waals surface area contributed by atoms with Crippen molar-refractivity contribution in [1.82, 2.24) is 5.32 Å². The lowest BCUT2D eigenvalue weighted by Gasteiger charge is -2.37. The molecule has 2 aliphatic rings. The molecule has 0 bridgehead atoms. The Morgan fingerprint density at radius 1 is 1.38 bits per heavy atom. The van der Waals surface area contributed by atoms with Gasteiger partial charge in [-0.3, -0.25) is 0 Å². The van der Waals surface area contributed by atoms with E-state index in [-0.39, 0.29) is 17.0 Å². The zero-order chi connectivity index (χ0) is 11.8. The van der Waals surface area contributed by atoms with Crippen molar-refractivity contribution in [2.75, 3.05) is 24.6 Å². The van der Waals surface area contributed by atoms with Crippen LogP contribution in [-0.2, 0) is 9.84 Å². The first kappa shape index (κ1) is 12.3. The summed E-state index contributed by atoms with van der Waals surface area (Å²) in [5.74, 6) is 2.19. The lowest BCUT2D eigenvalue weighted by atomic mass is 9.92. The van der Waals surface area contributed by atoms with Gasteiger partial charge >= 0.3 is 0 Å². The Labute approximate surface area is 97.9 Å². The van der Waals surface area contributed by atoms with E-state index in [1.54, 1.807) is 0 Å². The van der Waals surface area contributed by atoms with Gasteiger partial charge in [0.05, 0.1) is 11.5 Å². The van der Waals surface area contributed by atoms with Crippen LogP contribution in [0.15, 0.2) is 0 Å². The second-order valence-electron chi connectivity index (χ2n) is 5.49. The monoisotopic (exact) mass is 246 g/mol. The van der Waals surface area contributed by atoms with Crippen LogP contribution in [0.25, 0.3) is 0 Å². The summed E-state index contributed by atoms with van der Waals surface area (Å²) in [5, 5.41) is 3.53. The SMILES string of the molecule is CC1CC1CNC1(CN)CCS(=O)(=O)CC1. The molecule has 2 rings (SSSR count). The van der Waals surface area contributed by atoms with Gasteiger partial charge in [0.1, 0.15) is 9.84 Å². The van der Waals surface area contributed by atoms with Gasteiger partial charge in [-0.05, 0) is 37.6 Å². The zero-order valence-corrected chi connectivity index (χ0v) is 10.7. The molecular formula is C11H22N2O2S. The molecule has 1 aliphatic carbocycles. The van der Waals surface area contributed by atoms with Gasteiger partial charge in [-0.2, -0.15) is 0 Å². The molecule has 0 radical (unpaired) electrons. The third kappa shape index (κ3) is 2.76. The molecule has 16 heavy (non-hydrogen) atoms. The van der Waals surface area contributed by atoms with E-state index in [1.807, 2.05) is 0 Å². The van der Waals surface area contributed by atoms with Crippen LogP contribution in [0.5, 0.6) is 0 Å². The number of rotatable bonds is 4. The molecule has 0 aromatic heterocycles. The molecule has 0 amide bonds. The zero-order valence-electron chi connectivity index (χ0n) is 9.91. The average molecular weight is 246 g/mol. The summed E-state index contributed by atoms with van der Waals surface area (Å²) in [6.45, 7) is 3.80. The molecule has 2 unspecified atom stereocenters. The quantitative estimate of drug-likeness (QED) is 0.740. The van der Waals surface area contributed by atoms with Crippen LogP contribution in [0.3, 0.4) is 0 Å². The standard InChI is InChI=1S/C11H22N2O2S/c1-9-6-10(9)7-13-11(8-12)2-4-16(14,15)5-3-11/h9-10,13H,2-8,12H2,1H3. The first-order valence-corrected chi connectivity index (χ1v) is 7.94. The molecule has 1 aliphatic heterocycles. The molecule has 1 saturated heterocycles. The highest BCUT2D eigenvalue weighted by Gasteiger charge is 2.39. The van der Waals surface area contributed by atoms with E-state index in [1.165, 1.54) is 6.42 Å². The van der Waals surface area contributed by atoms with E-state index < -0.39 is 9.84 Å². The number of hydrogen-bond donors (Lipinski definition) is 2. The summed E-state index contributed by atoms with van der Waals surface area (Å²) >= 11 is 0. The van der Waals surface area contributed by atoms with E-state index in [0.717, 1.165) is 18.4 Å². The Kier molecular flexibility index (Phi) is 3.29. The van der Waals surface area contributed by atoms with Crippen LogP contribution in [0.4, 0.5) is 0 Å². The molecule has 0 aromatic rings. The highest BCUT2D eigenvalue weighted by atomic mass is 32.2. The van der Waals surface area contributed by atoms with Gasteiger partial charge in [-0.25, -0.2) is 8.42 Å². The summed E-state index contributed by atoms with van der Waals surface area (Å²) in [6.07, 6.45) is 2.64. The topological polar surface area (TPSA) is 72.2 Å². The van der Waals surface area contributed by atoms with Gasteiger partial charge in [0.15, 0.2) is 0 Å². The third-order valence-electron chi connectivity index (χ3n) is 4.19. The highest BCUT2D eigenvalue weighted by Crippen LogP contribution is 2.37. The summed E-state index contributed by atoms with van der Waals surface area (Å²) < 4.78 is 22.8. The highest BCUT2D eigenvalue weighted by molar-refractivity contribution is 7.91. The minimum absolute atomic E-state index is 0.117. The van der Waals surface area contributed by atoms with Crippen molar-refractivity contribution in [2.45, 2.75) is 31.7 Å². The van der Waals surface area contributed by atoms with Crippen molar-refractivity contribution >= 4 is 9.84 Å². The molecule has 1 heterocycles. The minimum atomic E-state index is -2.79. The summed E-state index contributed by atoms with van der Waals surface area (Å²) in [7, 11) is -2.79. The van der Waals surface area contributed by atoms with Gasteiger partial charge < -0.3 is 11.1 Å². The van der Waals surface area contributed by atoms with Crippen LogP contribution in [0.2, 0.25) is 0 Å². The first-order valence-electron chi connectivity index (χ1n) is 6.12. The van der Waals surface area contributed by atoms with Crippen molar-refractivity contribution in [2.24, 2.45) is 17.6 Å². The van der Waals surface area contributed by atoms with E-state index in [4.69, 9.17) is 5.73 Å². The number of nitrogens with one attached hydrogen (secondary N) is 1. The minimum Gasteiger partial charge on any atom is -0.329 e. The second-order valence-corrected chi connectivity index (χ2v) is 7.79. The maximum atomic E-state index is 11.4. The number of hydrogen-bond acceptors (Lipinski definition) is 4.